The average Bonchev–Trinajstić information content (AvgIpc) is 3.05. The molecule has 0 spiro atoms. The van der Waals surface area contributed by atoms with Crippen LogP contribution in [0, 0.1) is 6.92 Å². The van der Waals surface area contributed by atoms with Gasteiger partial charge in [0.1, 0.15) is 11.5 Å². The fourth-order valence-electron chi connectivity index (χ4n) is 2.35. The Morgan fingerprint density at radius 3 is 2.59 bits per heavy atom. The summed E-state index contributed by atoms with van der Waals surface area (Å²) >= 11 is 5.03. The number of thioether (sulfide) groups is 1. The molecular weight excluding hydrogens is 428 g/mol. The van der Waals surface area contributed by atoms with Gasteiger partial charge in [0.2, 0.25) is 5.16 Å². The predicted octanol–water partition coefficient (Wildman–Crippen LogP) is 4.54. The van der Waals surface area contributed by atoms with E-state index in [9.17, 15) is 0 Å². The molecule has 3 aromatic rings. The Morgan fingerprint density at radius 1 is 1.11 bits per heavy atom. The Balaban J connectivity index is 1.80. The Kier molecular flexibility index (Phi) is 6.52. The van der Waals surface area contributed by atoms with Crippen molar-refractivity contribution in [2.75, 3.05) is 14.2 Å². The summed E-state index contributed by atoms with van der Waals surface area (Å²) in [6.45, 7) is 1.87. The predicted molar refractivity (Wildman–Crippen MR) is 111 cm³/mol. The van der Waals surface area contributed by atoms with Crippen molar-refractivity contribution in [3.63, 3.8) is 0 Å². The van der Waals surface area contributed by atoms with E-state index in [1.165, 1.54) is 5.56 Å². The van der Waals surface area contributed by atoms with Crippen LogP contribution in [0.5, 0.6) is 11.5 Å². The SMILES string of the molecule is COc1ccc(OC)c(/C=N\n2c(C)nnc2SCc2ccc(Br)cc2)c1. The van der Waals surface area contributed by atoms with Crippen molar-refractivity contribution in [2.24, 2.45) is 5.10 Å². The highest BCUT2D eigenvalue weighted by atomic mass is 79.9. The molecule has 0 aliphatic heterocycles. The molecule has 0 aliphatic rings. The molecule has 140 valence electrons. The van der Waals surface area contributed by atoms with Crippen molar-refractivity contribution in [3.8, 4) is 11.5 Å². The molecule has 2 aromatic carbocycles. The average molecular weight is 447 g/mol. The number of halogens is 1. The molecule has 6 nitrogen and oxygen atoms in total. The highest BCUT2D eigenvalue weighted by molar-refractivity contribution is 9.10. The van der Waals surface area contributed by atoms with Crippen LogP contribution in [0.3, 0.4) is 0 Å². The Hall–Kier alpha value is -2.32. The largest absolute Gasteiger partial charge is 0.497 e. The van der Waals surface area contributed by atoms with Gasteiger partial charge in [-0.2, -0.15) is 9.78 Å². The molecule has 0 N–H and O–H groups in total. The number of aryl methyl sites for hydroxylation is 1. The molecule has 3 rings (SSSR count). The van der Waals surface area contributed by atoms with Crippen molar-refractivity contribution >= 4 is 33.9 Å². The number of hydrogen-bond donors (Lipinski definition) is 0. The highest BCUT2D eigenvalue weighted by Crippen LogP contribution is 2.24. The molecule has 0 amide bonds. The van der Waals surface area contributed by atoms with Crippen LogP contribution >= 0.6 is 27.7 Å². The summed E-state index contributed by atoms with van der Waals surface area (Å²) in [6.07, 6.45) is 1.72. The molecule has 0 atom stereocenters. The van der Waals surface area contributed by atoms with Gasteiger partial charge in [-0.05, 0) is 42.8 Å². The Morgan fingerprint density at radius 2 is 1.89 bits per heavy atom. The quantitative estimate of drug-likeness (QED) is 0.393. The van der Waals surface area contributed by atoms with Crippen molar-refractivity contribution in [1.29, 1.82) is 0 Å². The molecule has 0 radical (unpaired) electrons. The van der Waals surface area contributed by atoms with Gasteiger partial charge in [0.05, 0.1) is 20.4 Å². The minimum absolute atomic E-state index is 0.714. The van der Waals surface area contributed by atoms with Crippen LogP contribution in [0.15, 0.2) is 57.2 Å². The number of aromatic nitrogens is 3. The molecule has 0 unspecified atom stereocenters. The van der Waals surface area contributed by atoms with Crippen molar-refractivity contribution in [3.05, 3.63) is 63.9 Å². The second kappa shape index (κ2) is 9.05. The van der Waals surface area contributed by atoms with Gasteiger partial charge in [0.25, 0.3) is 0 Å². The standard InChI is InChI=1S/C19H19BrN4O2S/c1-13-22-23-19(27-12-14-4-6-16(20)7-5-14)24(13)21-11-15-10-17(25-2)8-9-18(15)26-3/h4-11H,12H2,1-3H3/b21-11-. The first-order chi connectivity index (χ1) is 13.1. The number of hydrogen-bond acceptors (Lipinski definition) is 6. The van der Waals surface area contributed by atoms with Gasteiger partial charge in [-0.1, -0.05) is 39.8 Å². The Bertz CT molecular complexity index is 941. The van der Waals surface area contributed by atoms with Gasteiger partial charge < -0.3 is 9.47 Å². The normalized spacial score (nSPS) is 11.1. The van der Waals surface area contributed by atoms with Crippen LogP contribution in [0.25, 0.3) is 0 Å². The first kappa shape index (κ1) is 19.4. The summed E-state index contributed by atoms with van der Waals surface area (Å²) in [7, 11) is 3.26. The summed E-state index contributed by atoms with van der Waals surface area (Å²) in [4.78, 5) is 0. The summed E-state index contributed by atoms with van der Waals surface area (Å²) in [5.41, 5.74) is 2.02. The minimum atomic E-state index is 0.714. The number of rotatable bonds is 7. The number of ether oxygens (including phenoxy) is 2. The fourth-order valence-corrected chi connectivity index (χ4v) is 3.50. The fraction of sp³-hybridized carbons (Fsp3) is 0.211. The molecule has 8 heteroatoms. The third-order valence-electron chi connectivity index (χ3n) is 3.80. The molecule has 1 heterocycles. The van der Waals surface area contributed by atoms with E-state index in [1.54, 1.807) is 36.9 Å². The van der Waals surface area contributed by atoms with E-state index in [4.69, 9.17) is 9.47 Å². The van der Waals surface area contributed by atoms with Gasteiger partial charge in [0.15, 0.2) is 5.82 Å². The smallest absolute Gasteiger partial charge is 0.212 e. The topological polar surface area (TPSA) is 61.5 Å². The first-order valence-corrected chi connectivity index (χ1v) is 9.94. The lowest BCUT2D eigenvalue weighted by molar-refractivity contribution is 0.402. The lowest BCUT2D eigenvalue weighted by atomic mass is 10.2. The maximum Gasteiger partial charge on any atom is 0.212 e. The van der Waals surface area contributed by atoms with E-state index in [-0.39, 0.29) is 0 Å². The van der Waals surface area contributed by atoms with Gasteiger partial charge in [-0.25, -0.2) is 0 Å². The third kappa shape index (κ3) is 4.90. The molecule has 0 fully saturated rings. The van der Waals surface area contributed by atoms with Crippen molar-refractivity contribution in [1.82, 2.24) is 14.9 Å². The second-order valence-corrected chi connectivity index (χ2v) is 7.47. The van der Waals surface area contributed by atoms with Crippen LogP contribution in [-0.4, -0.2) is 35.3 Å². The monoisotopic (exact) mass is 446 g/mol. The molecule has 0 aliphatic carbocycles. The highest BCUT2D eigenvalue weighted by Gasteiger charge is 2.10. The van der Waals surface area contributed by atoms with E-state index in [1.807, 2.05) is 37.3 Å². The molecule has 0 bridgehead atoms. The second-order valence-electron chi connectivity index (χ2n) is 5.61. The summed E-state index contributed by atoms with van der Waals surface area (Å²) in [5, 5.41) is 13.7. The lowest BCUT2D eigenvalue weighted by Crippen LogP contribution is -1.98. The van der Waals surface area contributed by atoms with Gasteiger partial charge in [-0.15, -0.1) is 10.2 Å². The van der Waals surface area contributed by atoms with Crippen molar-refractivity contribution < 1.29 is 9.47 Å². The lowest BCUT2D eigenvalue weighted by Gasteiger charge is -2.07. The summed E-state index contributed by atoms with van der Waals surface area (Å²) in [6, 6.07) is 13.8. The maximum atomic E-state index is 5.39. The minimum Gasteiger partial charge on any atom is -0.497 e. The van der Waals surface area contributed by atoms with Crippen LogP contribution < -0.4 is 9.47 Å². The summed E-state index contributed by atoms with van der Waals surface area (Å²) in [5.74, 6) is 2.95. The zero-order valence-corrected chi connectivity index (χ0v) is 17.6. The van der Waals surface area contributed by atoms with E-state index >= 15 is 0 Å². The maximum absolute atomic E-state index is 5.39. The molecule has 1 aromatic heterocycles. The molecule has 0 saturated heterocycles. The molecule has 0 saturated carbocycles. The van der Waals surface area contributed by atoms with Gasteiger partial charge >= 0.3 is 0 Å². The van der Waals surface area contributed by atoms with E-state index in [2.05, 4.69) is 43.4 Å². The molecular formula is C19H19BrN4O2S. The van der Waals surface area contributed by atoms with Crippen LogP contribution in [0.4, 0.5) is 0 Å². The number of benzene rings is 2. The summed E-state index contributed by atoms with van der Waals surface area (Å²) < 4.78 is 13.5. The third-order valence-corrected chi connectivity index (χ3v) is 5.32. The molecule has 27 heavy (non-hydrogen) atoms. The number of methoxy groups -OCH3 is 2. The number of nitrogens with zero attached hydrogens (tertiary/aromatic N) is 4. The zero-order chi connectivity index (χ0) is 19.2. The van der Waals surface area contributed by atoms with Crippen molar-refractivity contribution in [2.45, 2.75) is 17.8 Å². The van der Waals surface area contributed by atoms with E-state index in [0.717, 1.165) is 26.7 Å². The zero-order valence-electron chi connectivity index (χ0n) is 15.2. The Labute approximate surface area is 170 Å². The van der Waals surface area contributed by atoms with E-state index < -0.39 is 0 Å². The van der Waals surface area contributed by atoms with Crippen LogP contribution in [0.2, 0.25) is 0 Å². The first-order valence-electron chi connectivity index (χ1n) is 8.16. The van der Waals surface area contributed by atoms with Gasteiger partial charge in [0, 0.05) is 15.8 Å². The van der Waals surface area contributed by atoms with E-state index in [0.29, 0.717) is 11.6 Å². The van der Waals surface area contributed by atoms with Crippen LogP contribution in [0.1, 0.15) is 17.0 Å². The van der Waals surface area contributed by atoms with Crippen LogP contribution in [-0.2, 0) is 5.75 Å². The van der Waals surface area contributed by atoms with Gasteiger partial charge in [-0.3, -0.25) is 0 Å².